The molecule has 3 aliphatic heterocycles. The second-order valence-electron chi connectivity index (χ2n) is 9.49. The monoisotopic (exact) mass is 368 g/mol. The summed E-state index contributed by atoms with van der Waals surface area (Å²) in [6, 6.07) is 9.05. The van der Waals surface area contributed by atoms with Crippen molar-refractivity contribution in [1.82, 2.24) is 10.2 Å². The Kier molecular flexibility index (Phi) is 3.58. The van der Waals surface area contributed by atoms with Gasteiger partial charge in [-0.1, -0.05) is 32.9 Å². The zero-order chi connectivity index (χ0) is 18.1. The van der Waals surface area contributed by atoms with Gasteiger partial charge < -0.3 is 5.32 Å². The molecule has 2 aromatic rings. The van der Waals surface area contributed by atoms with E-state index < -0.39 is 0 Å². The number of carbonyl (C=O) groups excluding carboxylic acids is 1. The highest BCUT2D eigenvalue weighted by atomic mass is 32.1. The number of thiophene rings is 1. The van der Waals surface area contributed by atoms with E-state index in [9.17, 15) is 4.79 Å². The summed E-state index contributed by atoms with van der Waals surface area (Å²) in [6.45, 7) is 9.17. The smallest absolute Gasteiger partial charge is 0.261 e. The van der Waals surface area contributed by atoms with Crippen molar-refractivity contribution in [2.45, 2.75) is 63.5 Å². The van der Waals surface area contributed by atoms with E-state index in [2.05, 4.69) is 55.3 Å². The predicted octanol–water partition coefficient (Wildman–Crippen LogP) is 4.56. The molecule has 0 radical (unpaired) electrons. The van der Waals surface area contributed by atoms with Gasteiger partial charge in [0.05, 0.1) is 10.9 Å². The predicted molar refractivity (Wildman–Crippen MR) is 108 cm³/mol. The summed E-state index contributed by atoms with van der Waals surface area (Å²) in [6.07, 6.45) is 5.01. The Bertz CT molecular complexity index is 866. The fraction of sp³-hybridized carbons (Fsp3) is 0.591. The van der Waals surface area contributed by atoms with Crippen LogP contribution in [0.2, 0.25) is 0 Å². The molecule has 26 heavy (non-hydrogen) atoms. The summed E-state index contributed by atoms with van der Waals surface area (Å²) < 4.78 is 1.22. The van der Waals surface area contributed by atoms with Gasteiger partial charge in [0.1, 0.15) is 0 Å². The van der Waals surface area contributed by atoms with E-state index in [-0.39, 0.29) is 11.3 Å². The number of nitrogens with one attached hydrogen (secondary N) is 1. The van der Waals surface area contributed by atoms with Crippen LogP contribution in [0.5, 0.6) is 0 Å². The highest BCUT2D eigenvalue weighted by Gasteiger charge is 2.60. The summed E-state index contributed by atoms with van der Waals surface area (Å²) in [5.41, 5.74) is 1.76. The lowest BCUT2D eigenvalue weighted by Gasteiger charge is -2.52. The fourth-order valence-corrected chi connectivity index (χ4v) is 6.15. The van der Waals surface area contributed by atoms with E-state index in [1.165, 1.54) is 54.4 Å². The van der Waals surface area contributed by atoms with Crippen molar-refractivity contribution in [2.24, 2.45) is 5.92 Å². The van der Waals surface area contributed by atoms with E-state index in [1.54, 1.807) is 11.3 Å². The molecule has 3 nitrogen and oxygen atoms in total. The molecule has 1 N–H and O–H groups in total. The van der Waals surface area contributed by atoms with Crippen LogP contribution in [-0.2, 0) is 5.41 Å². The van der Waals surface area contributed by atoms with Crippen LogP contribution in [0.1, 0.15) is 61.7 Å². The summed E-state index contributed by atoms with van der Waals surface area (Å²) in [7, 11) is 0. The zero-order valence-corrected chi connectivity index (χ0v) is 16.8. The summed E-state index contributed by atoms with van der Waals surface area (Å²) in [5.74, 6) is 0.807. The van der Waals surface area contributed by atoms with Crippen LogP contribution in [-0.4, -0.2) is 35.5 Å². The minimum absolute atomic E-state index is 0.133. The van der Waals surface area contributed by atoms with Crippen LogP contribution < -0.4 is 5.32 Å². The highest BCUT2D eigenvalue weighted by Crippen LogP contribution is 2.53. The third-order valence-electron chi connectivity index (χ3n) is 6.88. The number of amides is 1. The molecule has 2 bridgehead atoms. The number of fused-ring (bicyclic) bond motifs is 3. The summed E-state index contributed by atoms with van der Waals surface area (Å²) in [5, 5.41) is 4.64. The lowest BCUT2D eigenvalue weighted by molar-refractivity contribution is -0.00138. The van der Waals surface area contributed by atoms with Crippen LogP contribution in [0, 0.1) is 5.92 Å². The molecule has 1 saturated carbocycles. The van der Waals surface area contributed by atoms with Crippen LogP contribution in [0.15, 0.2) is 24.3 Å². The lowest BCUT2D eigenvalue weighted by Crippen LogP contribution is -2.65. The number of piperidine rings is 3. The average Bonchev–Trinajstić information content (AvgIpc) is 3.26. The van der Waals surface area contributed by atoms with E-state index >= 15 is 0 Å². The Hall–Kier alpha value is -1.39. The molecule has 1 amide bonds. The first kappa shape index (κ1) is 16.8. The molecule has 3 saturated heterocycles. The van der Waals surface area contributed by atoms with Gasteiger partial charge in [-0.25, -0.2) is 0 Å². The minimum Gasteiger partial charge on any atom is -0.346 e. The molecule has 1 spiro atoms. The molecule has 4 aliphatic rings. The molecule has 1 aliphatic carbocycles. The van der Waals surface area contributed by atoms with Crippen molar-refractivity contribution in [3.63, 3.8) is 0 Å². The van der Waals surface area contributed by atoms with Gasteiger partial charge in [-0.05, 0) is 73.2 Å². The number of carbonyl (C=O) groups is 1. The van der Waals surface area contributed by atoms with Gasteiger partial charge in [0.25, 0.3) is 5.91 Å². The highest BCUT2D eigenvalue weighted by molar-refractivity contribution is 7.20. The van der Waals surface area contributed by atoms with Crippen LogP contribution in [0.3, 0.4) is 0 Å². The van der Waals surface area contributed by atoms with E-state index in [0.717, 1.165) is 4.88 Å². The largest absolute Gasteiger partial charge is 0.346 e. The Morgan fingerprint density at radius 1 is 1.19 bits per heavy atom. The number of rotatable bonds is 2. The quantitative estimate of drug-likeness (QED) is 0.843. The lowest BCUT2D eigenvalue weighted by atomic mass is 9.77. The zero-order valence-electron chi connectivity index (χ0n) is 16.0. The van der Waals surface area contributed by atoms with Gasteiger partial charge in [0, 0.05) is 10.2 Å². The van der Waals surface area contributed by atoms with Gasteiger partial charge in [0.15, 0.2) is 0 Å². The number of benzene rings is 1. The molecule has 4 heteroatoms. The molecular formula is C22H28N2OS. The second-order valence-corrected chi connectivity index (χ2v) is 10.6. The van der Waals surface area contributed by atoms with Crippen LogP contribution >= 0.6 is 11.3 Å². The van der Waals surface area contributed by atoms with E-state index in [4.69, 9.17) is 0 Å². The number of nitrogens with zero attached hydrogens (tertiary/aromatic N) is 1. The maximum Gasteiger partial charge on any atom is 0.261 e. The van der Waals surface area contributed by atoms with Gasteiger partial charge in [-0.3, -0.25) is 9.69 Å². The topological polar surface area (TPSA) is 32.3 Å². The van der Waals surface area contributed by atoms with Crippen molar-refractivity contribution in [2.75, 3.05) is 13.1 Å². The molecular weight excluding hydrogens is 340 g/mol. The third-order valence-corrected chi connectivity index (χ3v) is 7.98. The summed E-state index contributed by atoms with van der Waals surface area (Å²) >= 11 is 1.64. The Morgan fingerprint density at radius 2 is 1.92 bits per heavy atom. The first-order valence-electron chi connectivity index (χ1n) is 9.97. The van der Waals surface area contributed by atoms with E-state index in [1.807, 2.05) is 0 Å². The molecule has 1 aromatic heterocycles. The van der Waals surface area contributed by atoms with Gasteiger partial charge in [0.2, 0.25) is 0 Å². The fourth-order valence-electron chi connectivity index (χ4n) is 5.14. The van der Waals surface area contributed by atoms with Gasteiger partial charge in [-0.2, -0.15) is 0 Å². The number of hydrogen-bond donors (Lipinski definition) is 1. The van der Waals surface area contributed by atoms with Crippen molar-refractivity contribution in [1.29, 1.82) is 0 Å². The third kappa shape index (κ3) is 2.53. The van der Waals surface area contributed by atoms with Crippen molar-refractivity contribution >= 4 is 27.3 Å². The first-order valence-corrected chi connectivity index (χ1v) is 10.8. The molecule has 4 fully saturated rings. The minimum atomic E-state index is 0.133. The molecule has 1 atom stereocenters. The summed E-state index contributed by atoms with van der Waals surface area (Å²) in [4.78, 5) is 16.5. The standard InChI is InChI=1S/C22H28N2OS/c1-21(2,3)16-5-4-15-12-18(26-17(15)13-16)20(25)23-19-14-6-10-24(11-7-14)22(19)8-9-22/h4-5,12-14,19H,6-11H2,1-3H3,(H,23,25)/t19-/m0/s1. The molecule has 1 aromatic carbocycles. The number of hydrogen-bond acceptors (Lipinski definition) is 3. The Labute approximate surface area is 159 Å². The van der Waals surface area contributed by atoms with Crippen LogP contribution in [0.25, 0.3) is 10.1 Å². The maximum atomic E-state index is 13.0. The normalized spacial score (nSPS) is 29.3. The average molecular weight is 369 g/mol. The Balaban J connectivity index is 1.40. The SMILES string of the molecule is CC(C)(C)c1ccc2cc(C(=O)N[C@H]3C4CCN(CC4)C34CC4)sc2c1. The van der Waals surface area contributed by atoms with Gasteiger partial charge >= 0.3 is 0 Å². The van der Waals surface area contributed by atoms with Crippen molar-refractivity contribution in [3.8, 4) is 0 Å². The van der Waals surface area contributed by atoms with Crippen LogP contribution in [0.4, 0.5) is 0 Å². The van der Waals surface area contributed by atoms with Crippen molar-refractivity contribution < 1.29 is 4.79 Å². The molecule has 6 rings (SSSR count). The van der Waals surface area contributed by atoms with Crippen molar-refractivity contribution in [3.05, 3.63) is 34.7 Å². The Morgan fingerprint density at radius 3 is 2.58 bits per heavy atom. The van der Waals surface area contributed by atoms with E-state index in [0.29, 0.717) is 17.5 Å². The van der Waals surface area contributed by atoms with Gasteiger partial charge in [-0.15, -0.1) is 11.3 Å². The molecule has 0 unspecified atom stereocenters. The molecule has 138 valence electrons. The second kappa shape index (κ2) is 5.56. The first-order chi connectivity index (χ1) is 12.4. The molecule has 4 heterocycles. The maximum absolute atomic E-state index is 13.0.